The molecule has 0 saturated heterocycles. The molecule has 0 amide bonds. The normalized spacial score (nSPS) is 12.9. The minimum absolute atomic E-state index is 0.0801. The molecule has 0 aromatic heterocycles. The Kier molecular flexibility index (Phi) is 2.19. The largest absolute Gasteiger partial charge is 0.398 e. The van der Waals surface area contributed by atoms with Gasteiger partial charge in [0.1, 0.15) is 5.82 Å². The summed E-state index contributed by atoms with van der Waals surface area (Å²) in [7, 11) is 0. The average Bonchev–Trinajstić information content (AvgIpc) is 1.96. The van der Waals surface area contributed by atoms with Gasteiger partial charge in [-0.1, -0.05) is 0 Å². The van der Waals surface area contributed by atoms with Crippen LogP contribution >= 0.6 is 0 Å². The number of halogens is 1. The summed E-state index contributed by atoms with van der Waals surface area (Å²) < 4.78 is 12.8. The molecule has 0 radical (unpaired) electrons. The molecule has 3 nitrogen and oxygen atoms in total. The Morgan fingerprint density at radius 1 is 1.25 bits per heavy atom. The highest BCUT2D eigenvalue weighted by Crippen LogP contribution is 2.23. The van der Waals surface area contributed by atoms with Crippen LogP contribution in [0.3, 0.4) is 0 Å². The van der Waals surface area contributed by atoms with Gasteiger partial charge < -0.3 is 17.2 Å². The van der Waals surface area contributed by atoms with Crippen molar-refractivity contribution in [3.8, 4) is 0 Å². The fraction of sp³-hybridized carbons (Fsp3) is 0.250. The molecule has 0 bridgehead atoms. The molecular weight excluding hydrogens is 157 g/mol. The van der Waals surface area contributed by atoms with E-state index in [1.807, 2.05) is 0 Å². The molecule has 4 heteroatoms. The van der Waals surface area contributed by atoms with Gasteiger partial charge in [0.2, 0.25) is 0 Å². The fourth-order valence-electron chi connectivity index (χ4n) is 1.02. The smallest absolute Gasteiger partial charge is 0.148 e. The summed E-state index contributed by atoms with van der Waals surface area (Å²) in [6.45, 7) is 1.77. The molecule has 0 fully saturated rings. The highest BCUT2D eigenvalue weighted by Gasteiger charge is 2.08. The molecule has 1 aromatic rings. The maximum atomic E-state index is 12.8. The zero-order chi connectivity index (χ0) is 9.30. The maximum Gasteiger partial charge on any atom is 0.148 e. The molecule has 12 heavy (non-hydrogen) atoms. The molecule has 0 aliphatic rings. The summed E-state index contributed by atoms with van der Waals surface area (Å²) >= 11 is 0. The number of nitrogens with two attached hydrogens (primary N) is 3. The van der Waals surface area contributed by atoms with E-state index in [1.54, 1.807) is 6.92 Å². The van der Waals surface area contributed by atoms with E-state index < -0.39 is 5.82 Å². The predicted molar refractivity (Wildman–Crippen MR) is 47.8 cm³/mol. The number of hydrogen-bond acceptors (Lipinski definition) is 3. The third-order valence-corrected chi connectivity index (χ3v) is 1.69. The second-order valence-electron chi connectivity index (χ2n) is 2.79. The van der Waals surface area contributed by atoms with E-state index in [0.717, 1.165) is 0 Å². The van der Waals surface area contributed by atoms with Gasteiger partial charge >= 0.3 is 0 Å². The van der Waals surface area contributed by atoms with E-state index in [1.165, 1.54) is 12.1 Å². The summed E-state index contributed by atoms with van der Waals surface area (Å²) in [5.74, 6) is -0.503. The van der Waals surface area contributed by atoms with Crippen LogP contribution in [0.4, 0.5) is 15.8 Å². The monoisotopic (exact) mass is 169 g/mol. The first-order valence-electron chi connectivity index (χ1n) is 3.62. The topological polar surface area (TPSA) is 78.1 Å². The van der Waals surface area contributed by atoms with Gasteiger partial charge in [-0.2, -0.15) is 0 Å². The van der Waals surface area contributed by atoms with E-state index in [4.69, 9.17) is 17.2 Å². The Bertz CT molecular complexity index is 297. The Hall–Kier alpha value is -1.29. The zero-order valence-corrected chi connectivity index (χ0v) is 6.84. The van der Waals surface area contributed by atoms with Gasteiger partial charge in [0, 0.05) is 11.7 Å². The molecule has 0 aliphatic heterocycles. The Morgan fingerprint density at radius 3 is 2.33 bits per heavy atom. The van der Waals surface area contributed by atoms with Crippen LogP contribution in [0.1, 0.15) is 18.5 Å². The molecule has 1 rings (SSSR count). The lowest BCUT2D eigenvalue weighted by Crippen LogP contribution is -2.09. The Morgan fingerprint density at radius 2 is 1.83 bits per heavy atom. The fourth-order valence-corrected chi connectivity index (χ4v) is 1.02. The first kappa shape index (κ1) is 8.80. The average molecular weight is 169 g/mol. The minimum Gasteiger partial charge on any atom is -0.398 e. The van der Waals surface area contributed by atoms with E-state index in [-0.39, 0.29) is 11.7 Å². The highest BCUT2D eigenvalue weighted by molar-refractivity contribution is 5.57. The number of nitrogen functional groups attached to an aromatic ring is 2. The number of benzene rings is 1. The maximum absolute atomic E-state index is 12.8. The number of rotatable bonds is 1. The van der Waals surface area contributed by atoms with Crippen LogP contribution in [-0.4, -0.2) is 0 Å². The third kappa shape index (κ3) is 1.48. The van der Waals surface area contributed by atoms with Crippen molar-refractivity contribution in [1.82, 2.24) is 0 Å². The molecule has 6 N–H and O–H groups in total. The zero-order valence-electron chi connectivity index (χ0n) is 6.84. The molecule has 66 valence electrons. The lowest BCUT2D eigenvalue weighted by Gasteiger charge is -2.10. The van der Waals surface area contributed by atoms with Crippen molar-refractivity contribution in [2.45, 2.75) is 13.0 Å². The van der Waals surface area contributed by atoms with Crippen LogP contribution in [0.15, 0.2) is 12.1 Å². The van der Waals surface area contributed by atoms with E-state index >= 15 is 0 Å². The molecular formula is C8H12FN3. The lowest BCUT2D eigenvalue weighted by molar-refractivity contribution is 0.631. The van der Waals surface area contributed by atoms with Crippen molar-refractivity contribution in [3.63, 3.8) is 0 Å². The van der Waals surface area contributed by atoms with Gasteiger partial charge in [-0.05, 0) is 24.6 Å². The van der Waals surface area contributed by atoms with Crippen molar-refractivity contribution in [1.29, 1.82) is 0 Å². The van der Waals surface area contributed by atoms with Crippen molar-refractivity contribution in [2.75, 3.05) is 11.5 Å². The molecule has 0 aliphatic carbocycles. The Balaban J connectivity index is 3.23. The van der Waals surface area contributed by atoms with Gasteiger partial charge in [0.15, 0.2) is 0 Å². The van der Waals surface area contributed by atoms with Crippen molar-refractivity contribution in [2.24, 2.45) is 5.73 Å². The van der Waals surface area contributed by atoms with Crippen LogP contribution < -0.4 is 17.2 Å². The van der Waals surface area contributed by atoms with Crippen LogP contribution in [0.5, 0.6) is 0 Å². The summed E-state index contributed by atoms with van der Waals surface area (Å²) in [5, 5.41) is 0. The second kappa shape index (κ2) is 2.98. The molecule has 0 spiro atoms. The van der Waals surface area contributed by atoms with E-state index in [0.29, 0.717) is 11.3 Å². The van der Waals surface area contributed by atoms with Gasteiger partial charge in [-0.25, -0.2) is 4.39 Å². The standard InChI is InChI=1S/C8H12FN3/c1-4(10)5-2-8(12)6(9)3-7(5)11/h2-4H,10-12H2,1H3/t4-/m1/s1. The SMILES string of the molecule is C[C@@H](N)c1cc(N)c(F)cc1N. The first-order valence-corrected chi connectivity index (χ1v) is 3.62. The molecule has 0 saturated carbocycles. The van der Waals surface area contributed by atoms with E-state index in [2.05, 4.69) is 0 Å². The lowest BCUT2D eigenvalue weighted by atomic mass is 10.1. The second-order valence-corrected chi connectivity index (χ2v) is 2.79. The summed E-state index contributed by atoms with van der Waals surface area (Å²) in [6, 6.07) is 2.43. The van der Waals surface area contributed by atoms with Crippen LogP contribution in [0.2, 0.25) is 0 Å². The van der Waals surface area contributed by atoms with Crippen molar-refractivity contribution >= 4 is 11.4 Å². The number of hydrogen-bond donors (Lipinski definition) is 3. The summed E-state index contributed by atoms with van der Waals surface area (Å²) in [5.41, 5.74) is 17.5. The van der Waals surface area contributed by atoms with Crippen molar-refractivity contribution < 1.29 is 4.39 Å². The van der Waals surface area contributed by atoms with Gasteiger partial charge in [0.05, 0.1) is 5.69 Å². The van der Waals surface area contributed by atoms with Crippen LogP contribution in [0, 0.1) is 5.82 Å². The minimum atomic E-state index is -0.503. The van der Waals surface area contributed by atoms with Crippen LogP contribution in [0.25, 0.3) is 0 Å². The number of anilines is 2. The quantitative estimate of drug-likeness (QED) is 0.549. The van der Waals surface area contributed by atoms with Crippen molar-refractivity contribution in [3.05, 3.63) is 23.5 Å². The molecule has 1 atom stereocenters. The van der Waals surface area contributed by atoms with Crippen LogP contribution in [-0.2, 0) is 0 Å². The molecule has 1 aromatic carbocycles. The van der Waals surface area contributed by atoms with Gasteiger partial charge in [-0.3, -0.25) is 0 Å². The highest BCUT2D eigenvalue weighted by atomic mass is 19.1. The first-order chi connectivity index (χ1) is 5.52. The third-order valence-electron chi connectivity index (χ3n) is 1.69. The van der Waals surface area contributed by atoms with Gasteiger partial charge in [-0.15, -0.1) is 0 Å². The predicted octanol–water partition coefficient (Wildman–Crippen LogP) is 1.01. The summed E-state index contributed by atoms with van der Waals surface area (Å²) in [6.07, 6.45) is 0. The molecule has 0 heterocycles. The van der Waals surface area contributed by atoms with Gasteiger partial charge in [0.25, 0.3) is 0 Å². The van der Waals surface area contributed by atoms with E-state index in [9.17, 15) is 4.39 Å². The Labute approximate surface area is 70.3 Å². The molecule has 0 unspecified atom stereocenters. The summed E-state index contributed by atoms with van der Waals surface area (Å²) in [4.78, 5) is 0.